The Bertz CT molecular complexity index is 1560. The van der Waals surface area contributed by atoms with E-state index in [0.717, 1.165) is 22.9 Å². The summed E-state index contributed by atoms with van der Waals surface area (Å²) in [6, 6.07) is 6.75. The zero-order valence-corrected chi connectivity index (χ0v) is 24.9. The maximum atomic E-state index is 12.8. The molecule has 3 rings (SSSR count). The van der Waals surface area contributed by atoms with Crippen LogP contribution in [0.15, 0.2) is 74.5 Å². The van der Waals surface area contributed by atoms with E-state index in [1.54, 1.807) is 30.4 Å². The molecule has 0 saturated carbocycles. The fraction of sp³-hybridized carbons (Fsp3) is 0.240. The van der Waals surface area contributed by atoms with Crippen molar-refractivity contribution in [2.24, 2.45) is 4.99 Å². The van der Waals surface area contributed by atoms with E-state index in [2.05, 4.69) is 10.3 Å². The van der Waals surface area contributed by atoms with Gasteiger partial charge in [-0.05, 0) is 74.8 Å². The Hall–Kier alpha value is -2.25. The van der Waals surface area contributed by atoms with Crippen molar-refractivity contribution in [2.75, 3.05) is 18.4 Å². The number of aliphatic imine (C=N–C) groups is 1. The molecule has 2 aromatic rings. The molecule has 3 N–H and O–H groups in total. The first-order valence-corrected chi connectivity index (χ1v) is 14.0. The molecule has 0 amide bonds. The van der Waals surface area contributed by atoms with Gasteiger partial charge in [0.05, 0.1) is 10.6 Å². The van der Waals surface area contributed by atoms with Gasteiger partial charge in [-0.25, -0.2) is 0 Å². The summed E-state index contributed by atoms with van der Waals surface area (Å²) in [5.41, 5.74) is 4.09. The van der Waals surface area contributed by atoms with Crippen molar-refractivity contribution in [3.8, 4) is 5.75 Å². The van der Waals surface area contributed by atoms with Crippen molar-refractivity contribution < 1.29 is 60.6 Å². The summed E-state index contributed by atoms with van der Waals surface area (Å²) in [7, 11) is -10.1. The molecule has 0 bridgehead atoms. The number of aryl methyl sites for hydroxylation is 1. The van der Waals surface area contributed by atoms with Gasteiger partial charge >= 0.3 is 29.6 Å². The van der Waals surface area contributed by atoms with Crippen LogP contribution in [0.2, 0.25) is 0 Å². The van der Waals surface area contributed by atoms with Crippen molar-refractivity contribution in [1.82, 2.24) is 0 Å². The molecule has 0 heterocycles. The maximum absolute atomic E-state index is 12.8. The molecule has 0 fully saturated rings. The number of hydrogen-bond acceptors (Lipinski definition) is 7. The fourth-order valence-corrected chi connectivity index (χ4v) is 5.34. The van der Waals surface area contributed by atoms with Gasteiger partial charge in [0, 0.05) is 29.9 Å². The Morgan fingerprint density at radius 3 is 2.14 bits per heavy atom. The van der Waals surface area contributed by atoms with E-state index in [-0.39, 0.29) is 40.7 Å². The first kappa shape index (κ1) is 31.0. The summed E-state index contributed by atoms with van der Waals surface area (Å²) in [5.74, 6) is -1.12. The number of allylic oxidation sites excluding steroid dienone is 5. The van der Waals surface area contributed by atoms with E-state index in [4.69, 9.17) is 0 Å². The van der Waals surface area contributed by atoms with Crippen molar-refractivity contribution in [1.29, 1.82) is 0 Å². The summed E-state index contributed by atoms with van der Waals surface area (Å²) in [4.78, 5) is 2.45. The third kappa shape index (κ3) is 6.99. The predicted molar refractivity (Wildman–Crippen MR) is 138 cm³/mol. The SMILES string of the molecule is CCN=C1C=CC(=C(c2cc(C)ccc2NCC)c2cc([O-])c(S(=O)(=O)O)cc2S(=O)(=O)O)C=C1C.[Na+]. The van der Waals surface area contributed by atoms with Crippen molar-refractivity contribution >= 4 is 37.2 Å². The van der Waals surface area contributed by atoms with Gasteiger partial charge in [0.25, 0.3) is 20.2 Å². The van der Waals surface area contributed by atoms with Gasteiger partial charge in [-0.15, -0.1) is 0 Å². The molecule has 0 aliphatic heterocycles. The van der Waals surface area contributed by atoms with Crippen LogP contribution in [0.1, 0.15) is 37.5 Å². The van der Waals surface area contributed by atoms with E-state index >= 15 is 0 Å². The second kappa shape index (κ2) is 12.1. The van der Waals surface area contributed by atoms with E-state index in [1.807, 2.05) is 33.8 Å². The van der Waals surface area contributed by atoms with Crippen molar-refractivity contribution in [3.05, 3.63) is 76.4 Å². The van der Waals surface area contributed by atoms with Crippen LogP contribution in [0.5, 0.6) is 5.75 Å². The van der Waals surface area contributed by atoms with Gasteiger partial charge in [0.15, 0.2) is 0 Å². The van der Waals surface area contributed by atoms with Crippen molar-refractivity contribution in [3.63, 3.8) is 0 Å². The van der Waals surface area contributed by atoms with Gasteiger partial charge < -0.3 is 10.4 Å². The molecule has 9 nitrogen and oxygen atoms in total. The first-order valence-electron chi connectivity index (χ1n) is 11.1. The normalized spacial score (nSPS) is 16.3. The summed E-state index contributed by atoms with van der Waals surface area (Å²) in [6.45, 7) is 8.55. The topological polar surface area (TPSA) is 156 Å². The number of rotatable bonds is 7. The Morgan fingerprint density at radius 1 is 0.946 bits per heavy atom. The smallest absolute Gasteiger partial charge is 0.872 e. The molecular weight excluding hydrogens is 527 g/mol. The third-order valence-corrected chi connectivity index (χ3v) is 7.27. The number of benzene rings is 2. The third-order valence-electron chi connectivity index (χ3n) is 5.50. The monoisotopic (exact) mass is 554 g/mol. The average molecular weight is 555 g/mol. The molecule has 37 heavy (non-hydrogen) atoms. The summed E-state index contributed by atoms with van der Waals surface area (Å²) < 4.78 is 67.8. The Morgan fingerprint density at radius 2 is 1.59 bits per heavy atom. The van der Waals surface area contributed by atoms with Crippen LogP contribution in [0, 0.1) is 6.92 Å². The fourth-order valence-electron chi connectivity index (χ4n) is 3.98. The zero-order valence-electron chi connectivity index (χ0n) is 21.2. The summed E-state index contributed by atoms with van der Waals surface area (Å²) in [5, 5.41) is 16.0. The zero-order chi connectivity index (χ0) is 26.8. The Labute approximate surface area is 239 Å². The van der Waals surface area contributed by atoms with Gasteiger partial charge in [0.1, 0.15) is 4.90 Å². The van der Waals surface area contributed by atoms with Crippen LogP contribution >= 0.6 is 0 Å². The molecular formula is C25H27N2NaO7S2. The van der Waals surface area contributed by atoms with Gasteiger partial charge in [-0.3, -0.25) is 14.1 Å². The molecule has 0 atom stereocenters. The standard InChI is InChI=1S/C25H28N2O7S2.Na/c1-5-26-20-10-8-17(12-16(20)4)25(18-11-15(3)7-9-21(18)27-6-2)19-13-22(28)24(36(32,33)34)14-23(19)35(29,30)31;/h7-14,27-28H,5-6H2,1-4H3,(H,29,30,31)(H,32,33,34);/q;+1/p-1. The minimum Gasteiger partial charge on any atom is -0.872 e. The van der Waals surface area contributed by atoms with Gasteiger partial charge in [0.2, 0.25) is 0 Å². The van der Waals surface area contributed by atoms with E-state index < -0.39 is 35.8 Å². The molecule has 0 aromatic heterocycles. The van der Waals surface area contributed by atoms with Gasteiger partial charge in [-0.2, -0.15) is 16.8 Å². The van der Waals surface area contributed by atoms with Crippen LogP contribution in [0.3, 0.4) is 0 Å². The van der Waals surface area contributed by atoms with Crippen molar-refractivity contribution in [2.45, 2.75) is 37.5 Å². The average Bonchev–Trinajstić information content (AvgIpc) is 2.76. The van der Waals surface area contributed by atoms with E-state index in [0.29, 0.717) is 36.0 Å². The van der Waals surface area contributed by atoms with Crippen LogP contribution in [-0.2, 0) is 20.2 Å². The van der Waals surface area contributed by atoms with Gasteiger partial charge in [-0.1, -0.05) is 29.5 Å². The molecule has 0 unspecified atom stereocenters. The molecule has 2 aromatic carbocycles. The number of anilines is 1. The maximum Gasteiger partial charge on any atom is 1.00 e. The molecule has 12 heteroatoms. The van der Waals surface area contributed by atoms with Crippen LogP contribution < -0.4 is 40.0 Å². The second-order valence-electron chi connectivity index (χ2n) is 8.18. The quantitative estimate of drug-likeness (QED) is 0.335. The van der Waals surface area contributed by atoms with E-state index in [9.17, 15) is 31.0 Å². The van der Waals surface area contributed by atoms with Crippen LogP contribution in [0.4, 0.5) is 5.69 Å². The molecule has 0 spiro atoms. The largest absolute Gasteiger partial charge is 1.00 e. The van der Waals surface area contributed by atoms with Crippen LogP contribution in [0.25, 0.3) is 5.57 Å². The number of nitrogens with one attached hydrogen (secondary N) is 1. The Kier molecular flexibility index (Phi) is 10.1. The Balaban J connectivity index is 0.00000481. The molecule has 0 saturated heterocycles. The minimum atomic E-state index is -5.05. The molecule has 192 valence electrons. The predicted octanol–water partition coefficient (Wildman–Crippen LogP) is 0.777. The van der Waals surface area contributed by atoms with E-state index in [1.165, 1.54) is 0 Å². The summed E-state index contributed by atoms with van der Waals surface area (Å²) in [6.07, 6.45) is 5.25. The number of nitrogens with zero attached hydrogens (tertiary/aromatic N) is 1. The minimum absolute atomic E-state index is 0. The molecule has 0 radical (unpaired) electrons. The number of hydrogen-bond donors (Lipinski definition) is 3. The first-order chi connectivity index (χ1) is 16.8. The molecule has 1 aliphatic rings. The molecule has 1 aliphatic carbocycles. The van der Waals surface area contributed by atoms with Crippen LogP contribution in [-0.4, -0.2) is 44.7 Å². The summed E-state index contributed by atoms with van der Waals surface area (Å²) >= 11 is 0. The second-order valence-corrected chi connectivity index (χ2v) is 11.0.